The van der Waals surface area contributed by atoms with E-state index in [1.165, 1.54) is 28.4 Å². The van der Waals surface area contributed by atoms with Crippen LogP contribution in [0.4, 0.5) is 0 Å². The van der Waals surface area contributed by atoms with Crippen LogP contribution in [0, 0.1) is 6.92 Å². The van der Waals surface area contributed by atoms with Gasteiger partial charge in [-0.15, -0.1) is 0 Å². The van der Waals surface area contributed by atoms with E-state index < -0.39 is 0 Å². The molecule has 6 heteroatoms. The molecule has 0 bridgehead atoms. The summed E-state index contributed by atoms with van der Waals surface area (Å²) in [4.78, 5) is 4.34. The maximum absolute atomic E-state index is 4.34. The molecule has 1 saturated carbocycles. The molecule has 25 heavy (non-hydrogen) atoms. The lowest BCUT2D eigenvalue weighted by atomic mass is 9.96. The van der Waals surface area contributed by atoms with E-state index in [1.807, 2.05) is 17.9 Å². The van der Waals surface area contributed by atoms with Crippen molar-refractivity contribution in [2.45, 2.75) is 38.1 Å². The molecule has 1 aliphatic carbocycles. The van der Waals surface area contributed by atoms with E-state index in [4.69, 9.17) is 0 Å². The van der Waals surface area contributed by atoms with Gasteiger partial charge < -0.3 is 10.6 Å². The van der Waals surface area contributed by atoms with Crippen molar-refractivity contribution in [2.24, 2.45) is 4.99 Å². The third-order valence-electron chi connectivity index (χ3n) is 4.74. The average molecular weight is 404 g/mol. The minimum atomic E-state index is 0.240. The summed E-state index contributed by atoms with van der Waals surface area (Å²) in [6.45, 7) is 4.76. The molecule has 1 fully saturated rings. The summed E-state index contributed by atoms with van der Waals surface area (Å²) in [5, 5.41) is 11.2. The van der Waals surface area contributed by atoms with Gasteiger partial charge in [0.05, 0.1) is 6.20 Å². The zero-order valence-electron chi connectivity index (χ0n) is 14.9. The molecular weight excluding hydrogens is 378 g/mol. The molecule has 0 radical (unpaired) electrons. The van der Waals surface area contributed by atoms with Gasteiger partial charge in [-0.2, -0.15) is 5.10 Å². The monoisotopic (exact) mass is 403 g/mol. The van der Waals surface area contributed by atoms with Gasteiger partial charge in [-0.3, -0.25) is 9.67 Å². The molecule has 0 unspecified atom stereocenters. The zero-order chi connectivity index (χ0) is 17.7. The lowest BCUT2D eigenvalue weighted by Gasteiger charge is -2.20. The number of nitrogens with one attached hydrogen (secondary N) is 2. The first-order valence-corrected chi connectivity index (χ1v) is 9.61. The molecule has 2 aromatic rings. The van der Waals surface area contributed by atoms with Crippen molar-refractivity contribution in [1.82, 2.24) is 20.4 Å². The Balaban J connectivity index is 1.44. The van der Waals surface area contributed by atoms with Crippen molar-refractivity contribution in [1.29, 1.82) is 0 Å². The Morgan fingerprint density at radius 2 is 2.12 bits per heavy atom. The van der Waals surface area contributed by atoms with Crippen LogP contribution in [0.15, 0.2) is 46.1 Å². The Morgan fingerprint density at radius 3 is 2.76 bits per heavy atom. The number of benzene rings is 1. The van der Waals surface area contributed by atoms with Crippen molar-refractivity contribution < 1.29 is 0 Å². The van der Waals surface area contributed by atoms with Crippen LogP contribution in [-0.4, -0.2) is 35.9 Å². The molecule has 0 spiro atoms. The Kier molecular flexibility index (Phi) is 5.78. The second-order valence-electron chi connectivity index (χ2n) is 6.75. The predicted octanol–water partition coefficient (Wildman–Crippen LogP) is 3.24. The summed E-state index contributed by atoms with van der Waals surface area (Å²) in [6, 6.07) is 8.53. The van der Waals surface area contributed by atoms with E-state index >= 15 is 0 Å². The minimum Gasteiger partial charge on any atom is -0.356 e. The van der Waals surface area contributed by atoms with Gasteiger partial charge in [-0.1, -0.05) is 34.1 Å². The molecular formula is C19H26BrN5. The van der Waals surface area contributed by atoms with Crippen LogP contribution >= 0.6 is 15.9 Å². The Labute approximate surface area is 158 Å². The maximum Gasteiger partial charge on any atom is 0.191 e. The van der Waals surface area contributed by atoms with Crippen LogP contribution in [0.1, 0.15) is 30.4 Å². The van der Waals surface area contributed by atoms with E-state index in [2.05, 4.69) is 74.0 Å². The minimum absolute atomic E-state index is 0.240. The smallest absolute Gasteiger partial charge is 0.191 e. The van der Waals surface area contributed by atoms with E-state index in [-0.39, 0.29) is 5.41 Å². The average Bonchev–Trinajstić information content (AvgIpc) is 3.29. The summed E-state index contributed by atoms with van der Waals surface area (Å²) in [5.74, 6) is 0.870. The summed E-state index contributed by atoms with van der Waals surface area (Å²) in [6.07, 6.45) is 7.42. The molecule has 1 aromatic carbocycles. The Hall–Kier alpha value is -1.82. The van der Waals surface area contributed by atoms with E-state index in [0.717, 1.165) is 32.0 Å². The normalized spacial score (nSPS) is 15.9. The van der Waals surface area contributed by atoms with E-state index in [1.54, 1.807) is 0 Å². The number of aryl methyl sites for hydroxylation is 2. The van der Waals surface area contributed by atoms with Crippen LogP contribution in [0.2, 0.25) is 0 Å². The van der Waals surface area contributed by atoms with Crippen molar-refractivity contribution in [3.8, 4) is 0 Å². The van der Waals surface area contributed by atoms with E-state index in [9.17, 15) is 0 Å². The van der Waals surface area contributed by atoms with Crippen LogP contribution in [0.3, 0.4) is 0 Å². The quantitative estimate of drug-likeness (QED) is 0.423. The number of nitrogens with zero attached hydrogens (tertiary/aromatic N) is 3. The summed E-state index contributed by atoms with van der Waals surface area (Å²) < 4.78 is 3.19. The fraction of sp³-hybridized carbons (Fsp3) is 0.474. The lowest BCUT2D eigenvalue weighted by Crippen LogP contribution is -2.41. The number of aromatic nitrogens is 2. The molecule has 2 N–H and O–H groups in total. The van der Waals surface area contributed by atoms with E-state index in [0.29, 0.717) is 0 Å². The molecule has 0 aliphatic heterocycles. The van der Waals surface area contributed by atoms with Gasteiger partial charge in [0.2, 0.25) is 0 Å². The van der Waals surface area contributed by atoms with Gasteiger partial charge in [0.1, 0.15) is 0 Å². The third-order valence-corrected chi connectivity index (χ3v) is 5.43. The molecule has 1 aromatic heterocycles. The Bertz CT molecular complexity index is 733. The summed E-state index contributed by atoms with van der Waals surface area (Å²) in [5.41, 5.74) is 2.84. The van der Waals surface area contributed by atoms with Crippen LogP contribution in [0.25, 0.3) is 0 Å². The highest BCUT2D eigenvalue weighted by atomic mass is 79.9. The number of rotatable bonds is 7. The van der Waals surface area contributed by atoms with Crippen molar-refractivity contribution in [2.75, 3.05) is 20.1 Å². The van der Waals surface area contributed by atoms with Gasteiger partial charge in [0.25, 0.3) is 0 Å². The lowest BCUT2D eigenvalue weighted by molar-refractivity contribution is 0.567. The SMILES string of the molecule is CN=C(NCCCn1cc(C)cn1)NCC1(c2ccccc2Br)CC1. The predicted molar refractivity (Wildman–Crippen MR) is 106 cm³/mol. The van der Waals surface area contributed by atoms with Gasteiger partial charge in [0.15, 0.2) is 5.96 Å². The van der Waals surface area contributed by atoms with Crippen molar-refractivity contribution >= 4 is 21.9 Å². The fourth-order valence-corrected chi connectivity index (χ4v) is 3.80. The topological polar surface area (TPSA) is 54.2 Å². The highest BCUT2D eigenvalue weighted by Crippen LogP contribution is 2.49. The van der Waals surface area contributed by atoms with Crippen molar-refractivity contribution in [3.05, 3.63) is 52.3 Å². The molecule has 3 rings (SSSR count). The number of hydrogen-bond donors (Lipinski definition) is 2. The molecule has 1 aliphatic rings. The number of hydrogen-bond acceptors (Lipinski definition) is 2. The Morgan fingerprint density at radius 1 is 1.32 bits per heavy atom. The second-order valence-corrected chi connectivity index (χ2v) is 7.60. The van der Waals surface area contributed by atoms with Gasteiger partial charge in [-0.05, 0) is 43.4 Å². The van der Waals surface area contributed by atoms with Crippen LogP contribution < -0.4 is 10.6 Å². The molecule has 0 atom stereocenters. The highest BCUT2D eigenvalue weighted by molar-refractivity contribution is 9.10. The second kappa shape index (κ2) is 8.04. The molecule has 5 nitrogen and oxygen atoms in total. The van der Waals surface area contributed by atoms with Crippen LogP contribution in [-0.2, 0) is 12.0 Å². The third kappa shape index (κ3) is 4.63. The highest BCUT2D eigenvalue weighted by Gasteiger charge is 2.45. The molecule has 0 amide bonds. The maximum atomic E-state index is 4.34. The van der Waals surface area contributed by atoms with Gasteiger partial charge in [-0.25, -0.2) is 0 Å². The fourth-order valence-electron chi connectivity index (χ4n) is 3.09. The van der Waals surface area contributed by atoms with Crippen LogP contribution in [0.5, 0.6) is 0 Å². The first kappa shape index (κ1) is 18.0. The zero-order valence-corrected chi connectivity index (χ0v) is 16.5. The van der Waals surface area contributed by atoms with Gasteiger partial charge >= 0.3 is 0 Å². The first-order chi connectivity index (χ1) is 12.1. The number of halogens is 1. The van der Waals surface area contributed by atoms with Gasteiger partial charge in [0, 0.05) is 42.8 Å². The summed E-state index contributed by atoms with van der Waals surface area (Å²) >= 11 is 3.69. The molecule has 1 heterocycles. The first-order valence-electron chi connectivity index (χ1n) is 8.81. The number of guanidine groups is 1. The van der Waals surface area contributed by atoms with Crippen molar-refractivity contribution in [3.63, 3.8) is 0 Å². The largest absolute Gasteiger partial charge is 0.356 e. The standard InChI is InChI=1S/C19H26BrN5/c1-15-12-24-25(13-15)11-5-10-22-18(21-2)23-14-19(8-9-19)16-6-3-4-7-17(16)20/h3-4,6-7,12-13H,5,8-11,14H2,1-2H3,(H2,21,22,23). The number of aliphatic imine (C=N–C) groups is 1. The summed E-state index contributed by atoms with van der Waals surface area (Å²) in [7, 11) is 1.82. The molecule has 134 valence electrons. The molecule has 0 saturated heterocycles.